The molecule has 0 N–H and O–H groups in total. The fourth-order valence-electron chi connectivity index (χ4n) is 3.68. The van der Waals surface area contributed by atoms with Crippen LogP contribution >= 0.6 is 0 Å². The molecule has 3 heterocycles. The van der Waals surface area contributed by atoms with Crippen molar-refractivity contribution >= 4 is 0 Å². The van der Waals surface area contributed by atoms with Crippen molar-refractivity contribution < 1.29 is 35.1 Å². The summed E-state index contributed by atoms with van der Waals surface area (Å²) in [5.41, 5.74) is -3.00. The van der Waals surface area contributed by atoms with Gasteiger partial charge in [-0.2, -0.15) is 41.6 Å². The molecule has 0 amide bonds. The molecule has 6 nitrogen and oxygen atoms in total. The van der Waals surface area contributed by atoms with Gasteiger partial charge in [0.15, 0.2) is 17.5 Å². The van der Waals surface area contributed by atoms with Crippen LogP contribution in [0.1, 0.15) is 16.8 Å². The lowest BCUT2D eigenvalue weighted by molar-refractivity contribution is -0.142. The van der Waals surface area contributed by atoms with E-state index in [1.807, 2.05) is 0 Å². The van der Waals surface area contributed by atoms with E-state index in [0.717, 1.165) is 6.07 Å². The molecule has 0 bridgehead atoms. The number of halogens is 8. The van der Waals surface area contributed by atoms with Crippen LogP contribution in [0, 0.1) is 11.6 Å². The molecule has 0 saturated carbocycles. The molecule has 0 fully saturated rings. The Hall–Kier alpha value is -4.49. The summed E-state index contributed by atoms with van der Waals surface area (Å²) in [5, 5.41) is 11.8. The summed E-state index contributed by atoms with van der Waals surface area (Å²) in [6, 6.07) is 7.43. The van der Waals surface area contributed by atoms with Crippen molar-refractivity contribution in [3.63, 3.8) is 0 Å². The van der Waals surface area contributed by atoms with E-state index in [2.05, 4.69) is 25.3 Å². The monoisotopic (exact) mass is 536 g/mol. The molecule has 0 spiro atoms. The minimum Gasteiger partial charge on any atom is -0.264 e. The van der Waals surface area contributed by atoms with Gasteiger partial charge in [-0.15, -0.1) is 0 Å². The smallest absolute Gasteiger partial charge is 0.264 e. The van der Waals surface area contributed by atoms with Gasteiger partial charge in [0.25, 0.3) is 0 Å². The van der Waals surface area contributed by atoms with Crippen molar-refractivity contribution in [3.8, 4) is 34.0 Å². The highest BCUT2D eigenvalue weighted by molar-refractivity contribution is 5.66. The summed E-state index contributed by atoms with van der Waals surface area (Å²) in [6.07, 6.45) is -7.21. The molecule has 5 rings (SSSR count). The molecule has 0 atom stereocenters. The van der Waals surface area contributed by atoms with Gasteiger partial charge in [-0.1, -0.05) is 12.1 Å². The Kier molecular flexibility index (Phi) is 6.04. The lowest BCUT2D eigenvalue weighted by Gasteiger charge is -2.15. The molecule has 2 aromatic carbocycles. The Balaban J connectivity index is 1.41. The Bertz CT molecular complexity index is 1590. The van der Waals surface area contributed by atoms with E-state index in [0.29, 0.717) is 23.5 Å². The van der Waals surface area contributed by atoms with Gasteiger partial charge in [0.2, 0.25) is 0 Å². The van der Waals surface area contributed by atoms with E-state index in [4.69, 9.17) is 0 Å². The summed E-state index contributed by atoms with van der Waals surface area (Å²) >= 11 is 0. The molecule has 14 heteroatoms. The molecular weight excluding hydrogens is 524 g/mol. The van der Waals surface area contributed by atoms with Crippen LogP contribution in [-0.2, 0) is 18.9 Å². The van der Waals surface area contributed by atoms with Crippen molar-refractivity contribution in [3.05, 3.63) is 89.4 Å². The summed E-state index contributed by atoms with van der Waals surface area (Å²) in [4.78, 5) is 8.34. The van der Waals surface area contributed by atoms with Crippen molar-refractivity contribution in [1.82, 2.24) is 29.9 Å². The van der Waals surface area contributed by atoms with Crippen LogP contribution in [0.2, 0.25) is 0 Å². The normalized spacial score (nSPS) is 12.3. The number of imidazole rings is 1. The second-order valence-corrected chi connectivity index (χ2v) is 8.06. The molecule has 0 radical (unpaired) electrons. The minimum absolute atomic E-state index is 0.00111. The Morgan fingerprint density at radius 2 is 1.50 bits per heavy atom. The molecule has 2 aliphatic rings. The summed E-state index contributed by atoms with van der Waals surface area (Å²) in [7, 11) is 0. The highest BCUT2D eigenvalue weighted by Gasteiger charge is 2.38. The predicted molar refractivity (Wildman–Crippen MR) is 116 cm³/mol. The highest BCUT2D eigenvalue weighted by atomic mass is 19.4. The quantitative estimate of drug-likeness (QED) is 0.254. The van der Waals surface area contributed by atoms with Gasteiger partial charge in [0.1, 0.15) is 11.4 Å². The topological polar surface area (TPSA) is 69.4 Å². The molecular formula is C24H12F8N6. The van der Waals surface area contributed by atoms with Crippen LogP contribution in [0.3, 0.4) is 0 Å². The maximum Gasteiger partial charge on any atom is 0.417 e. The number of benzene rings is 2. The Morgan fingerprint density at radius 1 is 0.737 bits per heavy atom. The molecule has 1 aromatic heterocycles. The first-order valence-electron chi connectivity index (χ1n) is 10.7. The molecule has 0 aliphatic carbocycles. The molecule has 3 aromatic rings. The van der Waals surface area contributed by atoms with E-state index < -0.39 is 40.7 Å². The summed E-state index contributed by atoms with van der Waals surface area (Å²) in [5.74, 6) is -2.19. The van der Waals surface area contributed by atoms with E-state index >= 15 is 0 Å². The van der Waals surface area contributed by atoms with Gasteiger partial charge in [0, 0.05) is 5.56 Å². The van der Waals surface area contributed by atoms with Crippen molar-refractivity contribution in [2.45, 2.75) is 18.9 Å². The molecule has 0 unspecified atom stereocenters. The second-order valence-electron chi connectivity index (χ2n) is 8.06. The number of hydrogen-bond acceptors (Lipinski definition) is 5. The van der Waals surface area contributed by atoms with Crippen LogP contribution in [0.25, 0.3) is 34.0 Å². The zero-order valence-corrected chi connectivity index (χ0v) is 18.7. The molecule has 0 saturated heterocycles. The number of rotatable bonds is 4. The van der Waals surface area contributed by atoms with E-state index in [9.17, 15) is 35.1 Å². The average molecular weight is 536 g/mol. The van der Waals surface area contributed by atoms with Gasteiger partial charge in [-0.25, -0.2) is 18.7 Å². The molecule has 2 aliphatic heterocycles. The van der Waals surface area contributed by atoms with Gasteiger partial charge in [-0.05, 0) is 36.4 Å². The fourth-order valence-corrected chi connectivity index (χ4v) is 3.68. The first kappa shape index (κ1) is 25.2. The molecule has 194 valence electrons. The van der Waals surface area contributed by atoms with Gasteiger partial charge in [0.05, 0.1) is 47.0 Å². The van der Waals surface area contributed by atoms with Crippen LogP contribution in [0.4, 0.5) is 35.1 Å². The van der Waals surface area contributed by atoms with Gasteiger partial charge >= 0.3 is 12.4 Å². The summed E-state index contributed by atoms with van der Waals surface area (Å²) < 4.78 is 108. The van der Waals surface area contributed by atoms with Crippen molar-refractivity contribution in [2.75, 3.05) is 0 Å². The lowest BCUT2D eigenvalue weighted by atomic mass is 10.00. The van der Waals surface area contributed by atoms with Crippen molar-refractivity contribution in [2.24, 2.45) is 0 Å². The zero-order valence-electron chi connectivity index (χ0n) is 18.7. The Labute approximate surface area is 208 Å². The third-order valence-electron chi connectivity index (χ3n) is 5.48. The fraction of sp³-hybridized carbons (Fsp3) is 0.125. The maximum absolute atomic E-state index is 14.1. The third kappa shape index (κ3) is 4.88. The lowest BCUT2D eigenvalue weighted by Crippen LogP contribution is -2.13. The Morgan fingerprint density at radius 3 is 2.18 bits per heavy atom. The first-order valence-corrected chi connectivity index (χ1v) is 10.7. The van der Waals surface area contributed by atoms with Gasteiger partial charge < -0.3 is 0 Å². The summed E-state index contributed by atoms with van der Waals surface area (Å²) in [6.45, 7) is -0.00111. The zero-order chi connectivity index (χ0) is 27.2. The van der Waals surface area contributed by atoms with Crippen molar-refractivity contribution in [1.29, 1.82) is 0 Å². The number of aromatic nitrogens is 6. The van der Waals surface area contributed by atoms with E-state index in [1.54, 1.807) is 0 Å². The minimum atomic E-state index is -5.06. The predicted octanol–water partition coefficient (Wildman–Crippen LogP) is 6.27. The average Bonchev–Trinajstić information content (AvgIpc) is 3.28. The maximum atomic E-state index is 14.1. The van der Waals surface area contributed by atoms with Crippen LogP contribution in [-0.4, -0.2) is 29.9 Å². The van der Waals surface area contributed by atoms with E-state index in [1.165, 1.54) is 41.3 Å². The number of hydrogen-bond donors (Lipinski definition) is 0. The van der Waals surface area contributed by atoms with Crippen LogP contribution < -0.4 is 0 Å². The van der Waals surface area contributed by atoms with E-state index in [-0.39, 0.29) is 35.4 Å². The number of nitrogens with zero attached hydrogens (tertiary/aromatic N) is 6. The highest BCUT2D eigenvalue weighted by Crippen LogP contribution is 2.40. The second kappa shape index (κ2) is 9.11. The standard InChI is InChI=1S/C24H12F8N6/c25-17-3-1-2-15(21(17)26)22-34-19-9-33-38(11-20(19)35-22)10-13-5-7-18(37-36-13)14-6-4-12(23(27,28)29)8-16(14)24(30,31)32/h1-9,11H,10H2. The number of alkyl halides is 6. The molecule has 38 heavy (non-hydrogen) atoms. The van der Waals surface area contributed by atoms with Crippen LogP contribution in [0.5, 0.6) is 0 Å². The number of fused-ring (bicyclic) bond motifs is 1. The largest absolute Gasteiger partial charge is 0.417 e. The van der Waals surface area contributed by atoms with Gasteiger partial charge in [-0.3, -0.25) is 4.68 Å². The first-order chi connectivity index (χ1) is 17.9. The van der Waals surface area contributed by atoms with Crippen LogP contribution in [0.15, 0.2) is 60.9 Å². The SMILES string of the molecule is Fc1cccc(-c2nc3cnn(Cc4ccc(-c5ccc(C(F)(F)F)cc5C(F)(F)F)nn4)cc-3n2)c1F. The third-order valence-corrected chi connectivity index (χ3v) is 5.48.